The number of amides is 1. The van der Waals surface area contributed by atoms with E-state index in [-0.39, 0.29) is 17.1 Å². The topological polar surface area (TPSA) is 55.1 Å². The lowest BCUT2D eigenvalue weighted by Crippen LogP contribution is -2.10. The van der Waals surface area contributed by atoms with Gasteiger partial charge in [0.25, 0.3) is 5.91 Å². The van der Waals surface area contributed by atoms with Crippen molar-refractivity contribution in [1.29, 1.82) is 0 Å². The molecule has 1 N–H and O–H groups in total. The maximum absolute atomic E-state index is 13.0. The number of hydrogen-bond donors (Lipinski definition) is 1. The number of thiazole rings is 1. The van der Waals surface area contributed by atoms with E-state index in [0.29, 0.717) is 5.13 Å². The van der Waals surface area contributed by atoms with Crippen LogP contribution in [0.5, 0.6) is 0 Å². The first kappa shape index (κ1) is 19.0. The molecule has 1 aliphatic carbocycles. The first-order chi connectivity index (χ1) is 13.3. The Labute approximate surface area is 167 Å². The van der Waals surface area contributed by atoms with Gasteiger partial charge in [-0.25, -0.2) is 4.98 Å². The summed E-state index contributed by atoms with van der Waals surface area (Å²) in [5.41, 5.74) is 0.246. The van der Waals surface area contributed by atoms with E-state index in [1.54, 1.807) is 0 Å². The molecule has 1 amide bonds. The maximum Gasteiger partial charge on any atom is 0.417 e. The van der Waals surface area contributed by atoms with Crippen molar-refractivity contribution in [2.45, 2.75) is 31.9 Å². The normalized spacial score (nSPS) is 14.0. The Bertz CT molecular complexity index is 1020. The van der Waals surface area contributed by atoms with Gasteiger partial charge < -0.3 is 4.42 Å². The molecule has 2 heterocycles. The maximum atomic E-state index is 13.0. The predicted octanol–water partition coefficient (Wildman–Crippen LogP) is 6.21. The molecule has 146 valence electrons. The average molecular weight is 427 g/mol. The van der Waals surface area contributed by atoms with Crippen molar-refractivity contribution in [3.05, 3.63) is 57.2 Å². The van der Waals surface area contributed by atoms with Gasteiger partial charge in [0.2, 0.25) is 0 Å². The van der Waals surface area contributed by atoms with E-state index in [1.807, 2.05) is 0 Å². The Hall–Kier alpha value is -2.32. The Morgan fingerprint density at radius 3 is 2.71 bits per heavy atom. The minimum Gasteiger partial charge on any atom is -0.451 e. The Kier molecular flexibility index (Phi) is 4.93. The van der Waals surface area contributed by atoms with Gasteiger partial charge >= 0.3 is 6.18 Å². The molecule has 28 heavy (non-hydrogen) atoms. The van der Waals surface area contributed by atoms with E-state index in [4.69, 9.17) is 16.0 Å². The highest BCUT2D eigenvalue weighted by molar-refractivity contribution is 7.15. The van der Waals surface area contributed by atoms with E-state index in [9.17, 15) is 18.0 Å². The van der Waals surface area contributed by atoms with Gasteiger partial charge in [0.15, 0.2) is 10.9 Å². The van der Waals surface area contributed by atoms with Crippen molar-refractivity contribution in [3.8, 4) is 11.3 Å². The Balaban J connectivity index is 1.54. The number of aromatic nitrogens is 1. The summed E-state index contributed by atoms with van der Waals surface area (Å²) in [5.74, 6) is -0.361. The van der Waals surface area contributed by atoms with Crippen molar-refractivity contribution >= 4 is 34.0 Å². The van der Waals surface area contributed by atoms with Gasteiger partial charge in [-0.15, -0.1) is 11.3 Å². The molecule has 0 saturated carbocycles. The molecule has 4 nitrogen and oxygen atoms in total. The highest BCUT2D eigenvalue weighted by Crippen LogP contribution is 2.37. The fourth-order valence-electron chi connectivity index (χ4n) is 3.08. The second-order valence-electron chi connectivity index (χ2n) is 6.41. The van der Waals surface area contributed by atoms with Crippen LogP contribution in [0.3, 0.4) is 0 Å². The standard InChI is InChI=1S/C19H14ClF3N2O2S/c20-12-6-5-10(9-11(12)19(21,22)23)14-7-8-15(27-14)17(26)25-18-24-13-3-1-2-4-16(13)28-18/h5-9H,1-4H2,(H,24,25,26). The van der Waals surface area contributed by atoms with Crippen LogP contribution in [0.25, 0.3) is 11.3 Å². The molecule has 0 saturated heterocycles. The SMILES string of the molecule is O=C(Nc1nc2c(s1)CCCC2)c1ccc(-c2ccc(Cl)c(C(F)(F)F)c2)o1. The predicted molar refractivity (Wildman–Crippen MR) is 101 cm³/mol. The highest BCUT2D eigenvalue weighted by atomic mass is 35.5. The molecule has 9 heteroatoms. The summed E-state index contributed by atoms with van der Waals surface area (Å²) in [6.07, 6.45) is -0.502. The van der Waals surface area contributed by atoms with Crippen molar-refractivity contribution in [2.75, 3.05) is 5.32 Å². The number of carbonyl (C=O) groups excluding carboxylic acids is 1. The third kappa shape index (κ3) is 3.79. The van der Waals surface area contributed by atoms with E-state index in [1.165, 1.54) is 34.4 Å². The summed E-state index contributed by atoms with van der Waals surface area (Å²) in [6.45, 7) is 0. The van der Waals surface area contributed by atoms with Gasteiger partial charge in [-0.05, 0) is 56.0 Å². The molecule has 0 bridgehead atoms. The molecular weight excluding hydrogens is 413 g/mol. The van der Waals surface area contributed by atoms with Crippen LogP contribution in [0.15, 0.2) is 34.7 Å². The van der Waals surface area contributed by atoms with Gasteiger partial charge in [-0.1, -0.05) is 11.6 Å². The summed E-state index contributed by atoms with van der Waals surface area (Å²) in [7, 11) is 0. The largest absolute Gasteiger partial charge is 0.451 e. The zero-order valence-corrected chi connectivity index (χ0v) is 16.0. The lowest BCUT2D eigenvalue weighted by molar-refractivity contribution is -0.137. The number of carbonyl (C=O) groups is 1. The first-order valence-electron chi connectivity index (χ1n) is 8.58. The molecule has 0 fully saturated rings. The number of nitrogens with one attached hydrogen (secondary N) is 1. The number of hydrogen-bond acceptors (Lipinski definition) is 4. The zero-order chi connectivity index (χ0) is 19.9. The van der Waals surface area contributed by atoms with Crippen molar-refractivity contribution in [1.82, 2.24) is 4.98 Å². The molecule has 1 aliphatic rings. The Morgan fingerprint density at radius 2 is 1.96 bits per heavy atom. The number of furan rings is 1. The molecule has 0 aliphatic heterocycles. The lowest BCUT2D eigenvalue weighted by Gasteiger charge is -2.09. The molecule has 0 unspecified atom stereocenters. The van der Waals surface area contributed by atoms with Gasteiger partial charge in [0, 0.05) is 10.4 Å². The fourth-order valence-corrected chi connectivity index (χ4v) is 4.34. The molecule has 0 spiro atoms. The van der Waals surface area contributed by atoms with Gasteiger partial charge in [0.05, 0.1) is 16.3 Å². The van der Waals surface area contributed by atoms with Crippen molar-refractivity contribution in [3.63, 3.8) is 0 Å². The number of alkyl halides is 3. The number of aryl methyl sites for hydroxylation is 2. The summed E-state index contributed by atoms with van der Waals surface area (Å²) >= 11 is 7.08. The van der Waals surface area contributed by atoms with E-state index in [2.05, 4.69) is 10.3 Å². The number of anilines is 1. The number of nitrogens with zero attached hydrogens (tertiary/aromatic N) is 1. The monoisotopic (exact) mass is 426 g/mol. The number of benzene rings is 1. The van der Waals surface area contributed by atoms with Crippen LogP contribution in [0.2, 0.25) is 5.02 Å². The molecule has 0 atom stereocenters. The van der Waals surface area contributed by atoms with Crippen molar-refractivity contribution in [2.24, 2.45) is 0 Å². The molecule has 4 rings (SSSR count). The van der Waals surface area contributed by atoms with Crippen LogP contribution in [-0.4, -0.2) is 10.9 Å². The molecule has 2 aromatic heterocycles. The fraction of sp³-hybridized carbons (Fsp3) is 0.263. The zero-order valence-electron chi connectivity index (χ0n) is 14.4. The van der Waals surface area contributed by atoms with Gasteiger partial charge in [-0.2, -0.15) is 13.2 Å². The van der Waals surface area contributed by atoms with Crippen LogP contribution in [-0.2, 0) is 19.0 Å². The van der Waals surface area contributed by atoms with Crippen LogP contribution in [0.4, 0.5) is 18.3 Å². The third-order valence-electron chi connectivity index (χ3n) is 4.45. The van der Waals surface area contributed by atoms with Gasteiger partial charge in [0.1, 0.15) is 5.76 Å². The molecule has 3 aromatic rings. The second-order valence-corrected chi connectivity index (χ2v) is 7.90. The summed E-state index contributed by atoms with van der Waals surface area (Å²) in [6, 6.07) is 6.33. The molecule has 0 radical (unpaired) electrons. The average Bonchev–Trinajstić information content (AvgIpc) is 3.27. The molecule has 1 aromatic carbocycles. The second kappa shape index (κ2) is 7.25. The minimum absolute atomic E-state index is 0.00770. The number of rotatable bonds is 3. The summed E-state index contributed by atoms with van der Waals surface area (Å²) in [5, 5.41) is 2.80. The van der Waals surface area contributed by atoms with E-state index < -0.39 is 22.7 Å². The summed E-state index contributed by atoms with van der Waals surface area (Å²) in [4.78, 5) is 18.0. The smallest absolute Gasteiger partial charge is 0.417 e. The van der Waals surface area contributed by atoms with Gasteiger partial charge in [-0.3, -0.25) is 10.1 Å². The number of fused-ring (bicyclic) bond motifs is 1. The summed E-state index contributed by atoms with van der Waals surface area (Å²) < 4.78 is 44.6. The highest BCUT2D eigenvalue weighted by Gasteiger charge is 2.33. The van der Waals surface area contributed by atoms with Crippen LogP contribution >= 0.6 is 22.9 Å². The number of halogens is 4. The Morgan fingerprint density at radius 1 is 1.18 bits per heavy atom. The van der Waals surface area contributed by atoms with Crippen LogP contribution in [0.1, 0.15) is 39.5 Å². The van der Waals surface area contributed by atoms with Crippen LogP contribution in [0, 0.1) is 0 Å². The molecular formula is C19H14ClF3N2O2S. The van der Waals surface area contributed by atoms with Crippen molar-refractivity contribution < 1.29 is 22.4 Å². The lowest BCUT2D eigenvalue weighted by atomic mass is 10.0. The van der Waals surface area contributed by atoms with E-state index in [0.717, 1.165) is 43.5 Å². The minimum atomic E-state index is -4.58. The first-order valence-corrected chi connectivity index (χ1v) is 9.77. The van der Waals surface area contributed by atoms with E-state index >= 15 is 0 Å². The quantitative estimate of drug-likeness (QED) is 0.542. The third-order valence-corrected chi connectivity index (χ3v) is 5.85. The van der Waals surface area contributed by atoms with Crippen LogP contribution < -0.4 is 5.32 Å².